The summed E-state index contributed by atoms with van der Waals surface area (Å²) in [5, 5.41) is 3.28. The summed E-state index contributed by atoms with van der Waals surface area (Å²) in [5.41, 5.74) is 0. The molecule has 1 aliphatic rings. The zero-order valence-electron chi connectivity index (χ0n) is 4.89. The van der Waals surface area contributed by atoms with Gasteiger partial charge in [0.1, 0.15) is 0 Å². The zero-order chi connectivity index (χ0) is 5.66. The van der Waals surface area contributed by atoms with Gasteiger partial charge in [0.2, 0.25) is 0 Å². The van der Waals surface area contributed by atoms with Crippen molar-refractivity contribution < 1.29 is 0 Å². The van der Waals surface area contributed by atoms with Gasteiger partial charge in [-0.25, -0.2) is 0 Å². The molecule has 1 N–H and O–H groups in total. The van der Waals surface area contributed by atoms with Crippen molar-refractivity contribution in [3.63, 3.8) is 0 Å². The molecule has 0 aromatic carbocycles. The van der Waals surface area contributed by atoms with Gasteiger partial charge < -0.3 is 5.32 Å². The Morgan fingerprint density at radius 2 is 2.38 bits per heavy atom. The molecule has 0 spiro atoms. The van der Waals surface area contributed by atoms with Gasteiger partial charge in [-0.1, -0.05) is 12.2 Å². The Morgan fingerprint density at radius 3 is 3.38 bits per heavy atom. The molecule has 0 fully saturated rings. The van der Waals surface area contributed by atoms with Crippen LogP contribution in [0.25, 0.3) is 0 Å². The minimum atomic E-state index is 1.06. The molecule has 0 aliphatic carbocycles. The number of hydrogen-bond acceptors (Lipinski definition) is 2. The summed E-state index contributed by atoms with van der Waals surface area (Å²) >= 11 is 1.98. The molecule has 46 valence electrons. The van der Waals surface area contributed by atoms with Crippen molar-refractivity contribution in [2.75, 3.05) is 24.6 Å². The van der Waals surface area contributed by atoms with E-state index in [1.807, 2.05) is 11.8 Å². The van der Waals surface area contributed by atoms with Gasteiger partial charge in [-0.2, -0.15) is 11.8 Å². The standard InChI is InChI=1S/C6H11NS/c1-2-5-8-6-4-7-3-1/h1-2,7H,3-6H2. The van der Waals surface area contributed by atoms with Gasteiger partial charge in [0.25, 0.3) is 0 Å². The zero-order valence-corrected chi connectivity index (χ0v) is 5.71. The lowest BCUT2D eigenvalue weighted by atomic mass is 10.5. The number of hydrogen-bond donors (Lipinski definition) is 1. The van der Waals surface area contributed by atoms with E-state index in [1.54, 1.807) is 0 Å². The maximum atomic E-state index is 3.28. The molecule has 0 amide bonds. The molecule has 1 nitrogen and oxygen atoms in total. The van der Waals surface area contributed by atoms with Gasteiger partial charge >= 0.3 is 0 Å². The first-order valence-electron chi connectivity index (χ1n) is 2.93. The van der Waals surface area contributed by atoms with Gasteiger partial charge in [0.05, 0.1) is 0 Å². The molecule has 2 heteroatoms. The minimum Gasteiger partial charge on any atom is -0.312 e. The Morgan fingerprint density at radius 1 is 1.38 bits per heavy atom. The van der Waals surface area contributed by atoms with Crippen LogP contribution in [0.5, 0.6) is 0 Å². The summed E-state index contributed by atoms with van der Waals surface area (Å²) in [6, 6.07) is 0. The van der Waals surface area contributed by atoms with E-state index in [-0.39, 0.29) is 0 Å². The average Bonchev–Trinajstić information content (AvgIpc) is 1.62. The topological polar surface area (TPSA) is 12.0 Å². The highest BCUT2D eigenvalue weighted by Gasteiger charge is 1.88. The fraction of sp³-hybridized carbons (Fsp3) is 0.667. The van der Waals surface area contributed by atoms with Gasteiger partial charge in [-0.15, -0.1) is 0 Å². The van der Waals surface area contributed by atoms with Crippen molar-refractivity contribution in [1.82, 2.24) is 5.32 Å². The van der Waals surface area contributed by atoms with E-state index in [9.17, 15) is 0 Å². The molecular formula is C6H11NS. The third kappa shape index (κ3) is 2.38. The van der Waals surface area contributed by atoms with Crippen LogP contribution in [0.15, 0.2) is 12.2 Å². The highest BCUT2D eigenvalue weighted by Crippen LogP contribution is 1.99. The van der Waals surface area contributed by atoms with Crippen LogP contribution in [0, 0.1) is 0 Å². The molecule has 0 saturated heterocycles. The van der Waals surface area contributed by atoms with Crippen LogP contribution >= 0.6 is 11.8 Å². The van der Waals surface area contributed by atoms with Crippen molar-refractivity contribution >= 4 is 11.8 Å². The first-order chi connectivity index (χ1) is 4.00. The molecule has 0 unspecified atom stereocenters. The highest BCUT2D eigenvalue weighted by atomic mass is 32.2. The SMILES string of the molecule is C1=CCSCCNC1. The first kappa shape index (κ1) is 6.17. The Labute approximate surface area is 54.5 Å². The van der Waals surface area contributed by atoms with E-state index in [0.29, 0.717) is 0 Å². The molecule has 0 aromatic heterocycles. The number of thioether (sulfide) groups is 1. The fourth-order valence-corrected chi connectivity index (χ4v) is 1.36. The van der Waals surface area contributed by atoms with Crippen LogP contribution in [0.4, 0.5) is 0 Å². The van der Waals surface area contributed by atoms with Crippen LogP contribution in [0.3, 0.4) is 0 Å². The molecule has 0 atom stereocenters. The van der Waals surface area contributed by atoms with Gasteiger partial charge in [-0.3, -0.25) is 0 Å². The molecule has 1 rings (SSSR count). The molecule has 8 heavy (non-hydrogen) atoms. The third-order valence-electron chi connectivity index (χ3n) is 1.07. The quantitative estimate of drug-likeness (QED) is 0.487. The summed E-state index contributed by atoms with van der Waals surface area (Å²) in [5.74, 6) is 2.45. The molecule has 1 heterocycles. The molecule has 0 saturated carbocycles. The lowest BCUT2D eigenvalue weighted by Gasteiger charge is -2.02. The largest absolute Gasteiger partial charge is 0.312 e. The smallest absolute Gasteiger partial charge is 0.0135 e. The molecule has 0 bridgehead atoms. The van der Waals surface area contributed by atoms with Crippen molar-refractivity contribution in [3.05, 3.63) is 12.2 Å². The first-order valence-corrected chi connectivity index (χ1v) is 4.09. The Kier molecular flexibility index (Phi) is 3.07. The number of nitrogens with one attached hydrogen (secondary N) is 1. The van der Waals surface area contributed by atoms with E-state index >= 15 is 0 Å². The lowest BCUT2D eigenvalue weighted by molar-refractivity contribution is 0.803. The van der Waals surface area contributed by atoms with E-state index in [0.717, 1.165) is 13.1 Å². The van der Waals surface area contributed by atoms with E-state index in [2.05, 4.69) is 17.5 Å². The summed E-state index contributed by atoms with van der Waals surface area (Å²) in [6.45, 7) is 2.22. The fourth-order valence-electron chi connectivity index (χ4n) is 0.632. The summed E-state index contributed by atoms with van der Waals surface area (Å²) in [7, 11) is 0. The van der Waals surface area contributed by atoms with E-state index in [4.69, 9.17) is 0 Å². The van der Waals surface area contributed by atoms with E-state index in [1.165, 1.54) is 11.5 Å². The lowest BCUT2D eigenvalue weighted by Crippen LogP contribution is -2.18. The second-order valence-electron chi connectivity index (χ2n) is 1.75. The monoisotopic (exact) mass is 129 g/mol. The van der Waals surface area contributed by atoms with Gasteiger partial charge in [0, 0.05) is 24.6 Å². The Bertz CT molecular complexity index is 70.6. The van der Waals surface area contributed by atoms with Gasteiger partial charge in [-0.05, 0) is 0 Å². The number of rotatable bonds is 0. The normalized spacial score (nSPS) is 22.0. The van der Waals surface area contributed by atoms with Gasteiger partial charge in [0.15, 0.2) is 0 Å². The minimum absolute atomic E-state index is 1.06. The molecule has 0 radical (unpaired) electrons. The average molecular weight is 129 g/mol. The second-order valence-corrected chi connectivity index (χ2v) is 2.90. The summed E-state index contributed by atoms with van der Waals surface area (Å²) in [4.78, 5) is 0. The highest BCUT2D eigenvalue weighted by molar-refractivity contribution is 7.99. The second kappa shape index (κ2) is 3.98. The van der Waals surface area contributed by atoms with Crippen molar-refractivity contribution in [1.29, 1.82) is 0 Å². The molecular weight excluding hydrogens is 118 g/mol. The predicted octanol–water partition coefficient (Wildman–Crippen LogP) is 0.879. The van der Waals surface area contributed by atoms with E-state index < -0.39 is 0 Å². The third-order valence-corrected chi connectivity index (χ3v) is 1.99. The molecule has 1 aliphatic heterocycles. The van der Waals surface area contributed by atoms with Crippen LogP contribution in [-0.4, -0.2) is 24.6 Å². The van der Waals surface area contributed by atoms with Crippen molar-refractivity contribution in [2.45, 2.75) is 0 Å². The summed E-state index contributed by atoms with van der Waals surface area (Å²) < 4.78 is 0. The van der Waals surface area contributed by atoms with Crippen LogP contribution in [0.2, 0.25) is 0 Å². The predicted molar refractivity (Wildman–Crippen MR) is 39.3 cm³/mol. The van der Waals surface area contributed by atoms with Crippen molar-refractivity contribution in [2.24, 2.45) is 0 Å². The Hall–Kier alpha value is 0.0500. The van der Waals surface area contributed by atoms with Crippen LogP contribution in [-0.2, 0) is 0 Å². The maximum absolute atomic E-state index is 3.28. The van der Waals surface area contributed by atoms with Crippen LogP contribution < -0.4 is 5.32 Å². The van der Waals surface area contributed by atoms with Crippen LogP contribution in [0.1, 0.15) is 0 Å². The maximum Gasteiger partial charge on any atom is 0.0135 e. The summed E-state index contributed by atoms with van der Waals surface area (Å²) in [6.07, 6.45) is 4.41. The molecule has 0 aromatic rings. The Balaban J connectivity index is 2.17. The van der Waals surface area contributed by atoms with Crippen molar-refractivity contribution in [3.8, 4) is 0 Å².